The van der Waals surface area contributed by atoms with E-state index in [1.807, 2.05) is 0 Å². The van der Waals surface area contributed by atoms with E-state index in [1.165, 1.54) is 65.3 Å². The Morgan fingerprint density at radius 2 is 0.870 bits per heavy atom. The molecule has 0 spiro atoms. The van der Waals surface area contributed by atoms with E-state index in [0.29, 0.717) is 0 Å². The van der Waals surface area contributed by atoms with Gasteiger partial charge in [0.25, 0.3) is 0 Å². The molecule has 0 saturated heterocycles. The largest absolute Gasteiger partial charge is 0.456 e. The summed E-state index contributed by atoms with van der Waals surface area (Å²) in [6.45, 7) is 0. The van der Waals surface area contributed by atoms with Gasteiger partial charge in [-0.3, -0.25) is 0 Å². The van der Waals surface area contributed by atoms with E-state index in [9.17, 15) is 0 Å². The number of hydrogen-bond donors (Lipinski definition) is 0. The second-order valence-corrected chi connectivity index (χ2v) is 14.1. The van der Waals surface area contributed by atoms with E-state index in [-0.39, 0.29) is 0 Å². The van der Waals surface area contributed by atoms with Crippen molar-refractivity contribution in [1.29, 1.82) is 0 Å². The van der Waals surface area contributed by atoms with Crippen LogP contribution >= 0.6 is 0 Å². The van der Waals surface area contributed by atoms with Crippen molar-refractivity contribution < 1.29 is 4.42 Å². The van der Waals surface area contributed by atoms with Gasteiger partial charge in [0.15, 0.2) is 0 Å². The van der Waals surface area contributed by atoms with Crippen LogP contribution in [0.25, 0.3) is 87.3 Å². The highest BCUT2D eigenvalue weighted by Gasteiger charge is 2.20. The van der Waals surface area contributed by atoms with Crippen LogP contribution in [0.15, 0.2) is 205 Å². The third kappa shape index (κ3) is 4.88. The zero-order chi connectivity index (χ0) is 35.6. The summed E-state index contributed by atoms with van der Waals surface area (Å²) in [7, 11) is 0. The van der Waals surface area contributed by atoms with Gasteiger partial charge in [0, 0.05) is 16.8 Å². The minimum Gasteiger partial charge on any atom is -0.456 e. The molecule has 11 aromatic rings. The van der Waals surface area contributed by atoms with Gasteiger partial charge in [-0.1, -0.05) is 146 Å². The Bertz CT molecular complexity index is 3200. The number of nitrogens with zero attached hydrogens (tertiary/aromatic N) is 1. The van der Waals surface area contributed by atoms with Gasteiger partial charge in [-0.2, -0.15) is 0 Å². The summed E-state index contributed by atoms with van der Waals surface area (Å²) >= 11 is 0. The fourth-order valence-electron chi connectivity index (χ4n) is 8.46. The molecule has 0 aliphatic heterocycles. The molecule has 0 radical (unpaired) electrons. The van der Waals surface area contributed by atoms with E-state index < -0.39 is 0 Å². The number of rotatable bonds is 5. The highest BCUT2D eigenvalue weighted by Crippen LogP contribution is 2.45. The number of fused-ring (bicyclic) bond motifs is 8. The van der Waals surface area contributed by atoms with Gasteiger partial charge in [-0.15, -0.1) is 0 Å². The molecule has 0 atom stereocenters. The lowest BCUT2D eigenvalue weighted by atomic mass is 9.93. The first kappa shape index (κ1) is 30.5. The number of benzene rings is 10. The second kappa shape index (κ2) is 12.2. The van der Waals surface area contributed by atoms with Crippen LogP contribution in [0.1, 0.15) is 0 Å². The summed E-state index contributed by atoms with van der Waals surface area (Å²) < 4.78 is 6.57. The minimum absolute atomic E-state index is 0.870. The van der Waals surface area contributed by atoms with Crippen LogP contribution in [-0.4, -0.2) is 0 Å². The SMILES string of the molecule is c1ccc2cc3c(cc2c1)oc1cccc(N(c2ccc(-c4cccc5ccccc45)cc2)c2ccc(-c4cc5ccccc5c5ccccc45)cc2)c13. The Labute approximate surface area is 312 Å². The van der Waals surface area contributed by atoms with Crippen molar-refractivity contribution in [1.82, 2.24) is 0 Å². The minimum atomic E-state index is 0.870. The fraction of sp³-hybridized carbons (Fsp3) is 0. The van der Waals surface area contributed by atoms with Crippen molar-refractivity contribution in [2.24, 2.45) is 0 Å². The second-order valence-electron chi connectivity index (χ2n) is 14.1. The van der Waals surface area contributed by atoms with Gasteiger partial charge in [0.1, 0.15) is 11.2 Å². The van der Waals surface area contributed by atoms with Crippen molar-refractivity contribution in [2.45, 2.75) is 0 Å². The molecular weight excluding hydrogens is 655 g/mol. The molecule has 0 aliphatic rings. The van der Waals surface area contributed by atoms with Crippen LogP contribution in [0, 0.1) is 0 Å². The monoisotopic (exact) mass is 687 g/mol. The molecule has 0 aliphatic carbocycles. The summed E-state index contributed by atoms with van der Waals surface area (Å²) in [6.07, 6.45) is 0. The van der Waals surface area contributed by atoms with Gasteiger partial charge in [-0.25, -0.2) is 0 Å². The van der Waals surface area contributed by atoms with E-state index >= 15 is 0 Å². The number of hydrogen-bond acceptors (Lipinski definition) is 2. The standard InChI is InChI=1S/C52H33NO/c1-2-13-38-33-51-48(31-37(38)12-1)52-49(21-10-22-50(52)54-51)53(40-27-23-35(24-28-40)43-20-9-15-34-11-3-5-16-42(34)43)41-29-25-36(26-30-41)47-32-39-14-4-6-17-44(39)45-18-7-8-19-46(45)47/h1-33H. The Hall–Kier alpha value is -7.16. The van der Waals surface area contributed by atoms with Crippen molar-refractivity contribution in [3.05, 3.63) is 200 Å². The van der Waals surface area contributed by atoms with E-state index in [1.54, 1.807) is 0 Å². The fourth-order valence-corrected chi connectivity index (χ4v) is 8.46. The van der Waals surface area contributed by atoms with Crippen LogP contribution in [-0.2, 0) is 0 Å². The average molecular weight is 688 g/mol. The molecule has 0 fully saturated rings. The first-order valence-electron chi connectivity index (χ1n) is 18.5. The maximum Gasteiger partial charge on any atom is 0.137 e. The molecule has 0 N–H and O–H groups in total. The zero-order valence-electron chi connectivity index (χ0n) is 29.4. The molecule has 1 heterocycles. The molecule has 0 bridgehead atoms. The normalized spacial score (nSPS) is 11.7. The Kier molecular flexibility index (Phi) is 6.90. The molecule has 252 valence electrons. The smallest absolute Gasteiger partial charge is 0.137 e. The van der Waals surface area contributed by atoms with E-state index in [4.69, 9.17) is 4.42 Å². The molecule has 2 nitrogen and oxygen atoms in total. The predicted octanol–water partition coefficient (Wildman–Crippen LogP) is 15.0. The van der Waals surface area contributed by atoms with Gasteiger partial charge in [0.05, 0.1) is 11.1 Å². The molecule has 10 aromatic carbocycles. The Balaban J connectivity index is 1.10. The molecule has 11 rings (SSSR count). The maximum atomic E-state index is 6.57. The van der Waals surface area contributed by atoms with Crippen molar-refractivity contribution in [3.8, 4) is 22.3 Å². The lowest BCUT2D eigenvalue weighted by Gasteiger charge is -2.27. The van der Waals surface area contributed by atoms with Gasteiger partial charge >= 0.3 is 0 Å². The lowest BCUT2D eigenvalue weighted by Crippen LogP contribution is -2.10. The molecule has 0 unspecified atom stereocenters. The van der Waals surface area contributed by atoms with Crippen molar-refractivity contribution >= 4 is 82.1 Å². The Morgan fingerprint density at radius 1 is 0.315 bits per heavy atom. The van der Waals surface area contributed by atoms with Gasteiger partial charge in [-0.05, 0) is 120 Å². The van der Waals surface area contributed by atoms with Gasteiger partial charge < -0.3 is 9.32 Å². The molecule has 1 aromatic heterocycles. The predicted molar refractivity (Wildman–Crippen MR) is 229 cm³/mol. The summed E-state index contributed by atoms with van der Waals surface area (Å²) in [5.74, 6) is 0. The topological polar surface area (TPSA) is 16.4 Å². The average Bonchev–Trinajstić information content (AvgIpc) is 3.61. The van der Waals surface area contributed by atoms with Crippen LogP contribution in [0.3, 0.4) is 0 Å². The summed E-state index contributed by atoms with van der Waals surface area (Å²) in [5, 5.41) is 12.1. The summed E-state index contributed by atoms with van der Waals surface area (Å²) in [5.41, 5.74) is 9.82. The van der Waals surface area contributed by atoms with E-state index in [2.05, 4.69) is 205 Å². The van der Waals surface area contributed by atoms with Crippen LogP contribution in [0.4, 0.5) is 17.1 Å². The first-order valence-corrected chi connectivity index (χ1v) is 18.5. The Morgan fingerprint density at radius 3 is 1.61 bits per heavy atom. The maximum absolute atomic E-state index is 6.57. The number of anilines is 3. The van der Waals surface area contributed by atoms with Crippen LogP contribution in [0.2, 0.25) is 0 Å². The first-order chi connectivity index (χ1) is 26.8. The highest BCUT2D eigenvalue weighted by molar-refractivity contribution is 6.17. The van der Waals surface area contributed by atoms with Crippen LogP contribution < -0.4 is 4.90 Å². The third-order valence-corrected chi connectivity index (χ3v) is 11.0. The highest BCUT2D eigenvalue weighted by atomic mass is 16.3. The molecule has 0 amide bonds. The van der Waals surface area contributed by atoms with Crippen molar-refractivity contribution in [3.63, 3.8) is 0 Å². The molecule has 0 saturated carbocycles. The third-order valence-electron chi connectivity index (χ3n) is 11.0. The quantitative estimate of drug-likeness (QED) is 0.168. The van der Waals surface area contributed by atoms with Gasteiger partial charge in [0.2, 0.25) is 0 Å². The van der Waals surface area contributed by atoms with Crippen LogP contribution in [0.5, 0.6) is 0 Å². The molecule has 54 heavy (non-hydrogen) atoms. The molecular formula is C52H33NO. The molecule has 2 heteroatoms. The summed E-state index contributed by atoms with van der Waals surface area (Å²) in [6, 6.07) is 72.3. The van der Waals surface area contributed by atoms with E-state index in [0.717, 1.165) is 39.0 Å². The zero-order valence-corrected chi connectivity index (χ0v) is 29.4. The number of furan rings is 1. The van der Waals surface area contributed by atoms with Crippen molar-refractivity contribution in [2.75, 3.05) is 4.90 Å². The lowest BCUT2D eigenvalue weighted by molar-refractivity contribution is 0.669. The summed E-state index contributed by atoms with van der Waals surface area (Å²) in [4.78, 5) is 2.38.